The molecule has 5 aromatic rings. The molecule has 3 aromatic heterocycles. The summed E-state index contributed by atoms with van der Waals surface area (Å²) in [5.41, 5.74) is 18.5. The van der Waals surface area contributed by atoms with Crippen molar-refractivity contribution in [3.05, 3.63) is 72.4 Å². The van der Waals surface area contributed by atoms with Gasteiger partial charge in [0.15, 0.2) is 0 Å². The standard InChI is InChI=1S/C25H26N8/c26-14-16-4-1-2-5-17(16)18-6-3-7-20-21(18)32-24(31-20)25(27)9-12-33(13-10-25)23-19-8-11-28-22(19)29-15-30-23/h1-8,11,15H,9-10,12-14,26-27H2,(H,31,32)(H,28,29,30). The molecule has 0 saturated carbocycles. The molecular weight excluding hydrogens is 412 g/mol. The zero-order valence-electron chi connectivity index (χ0n) is 18.3. The molecule has 166 valence electrons. The summed E-state index contributed by atoms with van der Waals surface area (Å²) in [5.74, 6) is 1.79. The summed E-state index contributed by atoms with van der Waals surface area (Å²) in [5, 5.41) is 1.04. The number of hydrogen-bond acceptors (Lipinski definition) is 6. The van der Waals surface area contributed by atoms with E-state index in [1.807, 2.05) is 24.4 Å². The second-order valence-corrected chi connectivity index (χ2v) is 8.73. The highest BCUT2D eigenvalue weighted by molar-refractivity contribution is 5.93. The molecule has 1 aliphatic heterocycles. The molecule has 0 unspecified atom stereocenters. The first-order valence-corrected chi connectivity index (χ1v) is 11.3. The largest absolute Gasteiger partial charge is 0.356 e. The summed E-state index contributed by atoms with van der Waals surface area (Å²) in [4.78, 5) is 22.8. The van der Waals surface area contributed by atoms with Gasteiger partial charge < -0.3 is 26.3 Å². The number of aromatic nitrogens is 5. The number of rotatable bonds is 4. The summed E-state index contributed by atoms with van der Waals surface area (Å²) < 4.78 is 0. The number of piperidine rings is 1. The lowest BCUT2D eigenvalue weighted by atomic mass is 9.88. The fourth-order valence-electron chi connectivity index (χ4n) is 4.91. The van der Waals surface area contributed by atoms with Gasteiger partial charge in [-0.15, -0.1) is 0 Å². The zero-order valence-corrected chi connectivity index (χ0v) is 18.3. The van der Waals surface area contributed by atoms with Crippen LogP contribution >= 0.6 is 0 Å². The van der Waals surface area contributed by atoms with Crippen LogP contribution in [0.1, 0.15) is 24.2 Å². The highest BCUT2D eigenvalue weighted by Gasteiger charge is 2.36. The second-order valence-electron chi connectivity index (χ2n) is 8.73. The predicted octanol–water partition coefficient (Wildman–Crippen LogP) is 3.41. The van der Waals surface area contributed by atoms with Crippen LogP contribution in [0.4, 0.5) is 5.82 Å². The summed E-state index contributed by atoms with van der Waals surface area (Å²) in [6, 6.07) is 16.5. The lowest BCUT2D eigenvalue weighted by Gasteiger charge is -2.38. The fourth-order valence-corrected chi connectivity index (χ4v) is 4.91. The lowest BCUT2D eigenvalue weighted by molar-refractivity contribution is 0.327. The van der Waals surface area contributed by atoms with Gasteiger partial charge in [-0.05, 0) is 36.1 Å². The summed E-state index contributed by atoms with van der Waals surface area (Å²) in [7, 11) is 0. The number of nitrogens with two attached hydrogens (primary N) is 2. The number of nitrogens with one attached hydrogen (secondary N) is 2. The Bertz CT molecular complexity index is 1440. The molecule has 1 fully saturated rings. The van der Waals surface area contributed by atoms with Crippen molar-refractivity contribution in [1.29, 1.82) is 0 Å². The first-order chi connectivity index (χ1) is 16.2. The van der Waals surface area contributed by atoms with Gasteiger partial charge in [0.1, 0.15) is 23.6 Å². The molecule has 1 aliphatic rings. The van der Waals surface area contributed by atoms with Crippen LogP contribution in [-0.4, -0.2) is 38.0 Å². The normalized spacial score (nSPS) is 16.0. The maximum absolute atomic E-state index is 6.94. The van der Waals surface area contributed by atoms with Gasteiger partial charge >= 0.3 is 0 Å². The zero-order chi connectivity index (χ0) is 22.4. The first kappa shape index (κ1) is 19.9. The summed E-state index contributed by atoms with van der Waals surface area (Å²) in [6.07, 6.45) is 5.06. The molecule has 0 spiro atoms. The van der Waals surface area contributed by atoms with Crippen molar-refractivity contribution in [2.24, 2.45) is 11.5 Å². The quantitative estimate of drug-likeness (QED) is 0.341. The maximum Gasteiger partial charge on any atom is 0.142 e. The van der Waals surface area contributed by atoms with E-state index in [1.165, 1.54) is 0 Å². The molecule has 2 aromatic carbocycles. The Morgan fingerprint density at radius 1 is 0.970 bits per heavy atom. The molecule has 0 atom stereocenters. The smallest absolute Gasteiger partial charge is 0.142 e. The van der Waals surface area contributed by atoms with E-state index in [0.29, 0.717) is 6.54 Å². The van der Waals surface area contributed by atoms with E-state index in [4.69, 9.17) is 16.5 Å². The van der Waals surface area contributed by atoms with Crippen LogP contribution in [0.15, 0.2) is 61.1 Å². The number of fused-ring (bicyclic) bond motifs is 2. The Morgan fingerprint density at radius 3 is 2.64 bits per heavy atom. The van der Waals surface area contributed by atoms with Crippen molar-refractivity contribution < 1.29 is 0 Å². The highest BCUT2D eigenvalue weighted by Crippen LogP contribution is 2.36. The molecule has 33 heavy (non-hydrogen) atoms. The Morgan fingerprint density at radius 2 is 1.79 bits per heavy atom. The predicted molar refractivity (Wildman–Crippen MR) is 131 cm³/mol. The van der Waals surface area contributed by atoms with Gasteiger partial charge in [0.25, 0.3) is 0 Å². The number of hydrogen-bond donors (Lipinski definition) is 4. The molecule has 0 amide bonds. The van der Waals surface area contributed by atoms with Crippen LogP contribution in [0.25, 0.3) is 33.2 Å². The summed E-state index contributed by atoms with van der Waals surface area (Å²) >= 11 is 0. The molecule has 8 nitrogen and oxygen atoms in total. The Hall–Kier alpha value is -3.75. The lowest BCUT2D eigenvalue weighted by Crippen LogP contribution is -2.49. The van der Waals surface area contributed by atoms with Crippen LogP contribution in [0.5, 0.6) is 0 Å². The van der Waals surface area contributed by atoms with Gasteiger partial charge in [0, 0.05) is 31.4 Å². The monoisotopic (exact) mass is 438 g/mol. The first-order valence-electron chi connectivity index (χ1n) is 11.3. The van der Waals surface area contributed by atoms with Crippen molar-refractivity contribution >= 4 is 27.9 Å². The molecule has 0 aliphatic carbocycles. The SMILES string of the molecule is NCc1ccccc1-c1cccc2[nH]c(C3(N)CCN(c4ncnc5[nH]ccc45)CC3)nc12. The van der Waals surface area contributed by atoms with Gasteiger partial charge in [-0.3, -0.25) is 0 Å². The number of aromatic amines is 2. The van der Waals surface area contributed by atoms with E-state index in [2.05, 4.69) is 55.2 Å². The minimum atomic E-state index is -0.523. The molecule has 6 N–H and O–H groups in total. The van der Waals surface area contributed by atoms with Crippen LogP contribution in [0, 0.1) is 0 Å². The minimum absolute atomic E-state index is 0.484. The molecule has 0 radical (unpaired) electrons. The van der Waals surface area contributed by atoms with Gasteiger partial charge in [-0.1, -0.05) is 36.4 Å². The average Bonchev–Trinajstić information content (AvgIpc) is 3.52. The van der Waals surface area contributed by atoms with Crippen LogP contribution in [0.2, 0.25) is 0 Å². The second kappa shape index (κ2) is 7.68. The molecule has 8 heteroatoms. The van der Waals surface area contributed by atoms with Gasteiger partial charge in [0.05, 0.1) is 22.0 Å². The number of anilines is 1. The van der Waals surface area contributed by atoms with Crippen molar-refractivity contribution in [3.8, 4) is 11.1 Å². The molecule has 6 rings (SSSR count). The third kappa shape index (κ3) is 3.26. The van der Waals surface area contributed by atoms with E-state index in [-0.39, 0.29) is 0 Å². The van der Waals surface area contributed by atoms with E-state index in [0.717, 1.165) is 76.3 Å². The maximum atomic E-state index is 6.94. The van der Waals surface area contributed by atoms with Crippen molar-refractivity contribution in [3.63, 3.8) is 0 Å². The van der Waals surface area contributed by atoms with E-state index in [1.54, 1.807) is 6.33 Å². The van der Waals surface area contributed by atoms with E-state index >= 15 is 0 Å². The number of nitrogens with zero attached hydrogens (tertiary/aromatic N) is 4. The number of para-hydroxylation sites is 1. The average molecular weight is 439 g/mol. The Labute approximate surface area is 191 Å². The van der Waals surface area contributed by atoms with E-state index < -0.39 is 5.54 Å². The van der Waals surface area contributed by atoms with E-state index in [9.17, 15) is 0 Å². The van der Waals surface area contributed by atoms with Crippen molar-refractivity contribution in [2.45, 2.75) is 24.9 Å². The third-order valence-electron chi connectivity index (χ3n) is 6.80. The number of benzene rings is 2. The van der Waals surface area contributed by atoms with Gasteiger partial charge in [-0.2, -0.15) is 0 Å². The van der Waals surface area contributed by atoms with Crippen LogP contribution in [-0.2, 0) is 12.1 Å². The molecular formula is C25H26N8. The molecule has 1 saturated heterocycles. The topological polar surface area (TPSA) is 126 Å². The van der Waals surface area contributed by atoms with Crippen LogP contribution < -0.4 is 16.4 Å². The van der Waals surface area contributed by atoms with Crippen LogP contribution in [0.3, 0.4) is 0 Å². The Kier molecular flexibility index (Phi) is 4.63. The summed E-state index contributed by atoms with van der Waals surface area (Å²) in [6.45, 7) is 2.08. The molecule has 4 heterocycles. The van der Waals surface area contributed by atoms with Gasteiger partial charge in [0.2, 0.25) is 0 Å². The van der Waals surface area contributed by atoms with Crippen molar-refractivity contribution in [1.82, 2.24) is 24.9 Å². The third-order valence-corrected chi connectivity index (χ3v) is 6.80. The fraction of sp³-hybridized carbons (Fsp3) is 0.240. The van der Waals surface area contributed by atoms with Gasteiger partial charge in [-0.25, -0.2) is 15.0 Å². The highest BCUT2D eigenvalue weighted by atomic mass is 15.2. The number of imidazole rings is 1. The number of H-pyrrole nitrogens is 2. The molecule has 0 bridgehead atoms. The Balaban J connectivity index is 1.32. The van der Waals surface area contributed by atoms with Crippen molar-refractivity contribution in [2.75, 3.05) is 18.0 Å². The minimum Gasteiger partial charge on any atom is -0.356 e.